The first kappa shape index (κ1) is 19.1. The summed E-state index contributed by atoms with van der Waals surface area (Å²) in [6.45, 7) is 1.36. The molecule has 1 aliphatic rings. The molecule has 9 nitrogen and oxygen atoms in total. The summed E-state index contributed by atoms with van der Waals surface area (Å²) >= 11 is 0. The number of carbonyl (C=O) groups is 1. The second kappa shape index (κ2) is 7.89. The Morgan fingerprint density at radius 2 is 1.89 bits per heavy atom. The van der Waals surface area contributed by atoms with Crippen molar-refractivity contribution >= 4 is 21.6 Å². The van der Waals surface area contributed by atoms with Crippen LogP contribution in [-0.4, -0.2) is 43.8 Å². The zero-order chi connectivity index (χ0) is 19.4. The van der Waals surface area contributed by atoms with Crippen LogP contribution in [-0.2, 0) is 10.0 Å². The molecule has 0 bridgehead atoms. The molecule has 1 aliphatic heterocycles. The van der Waals surface area contributed by atoms with E-state index in [2.05, 4.69) is 4.72 Å². The van der Waals surface area contributed by atoms with Crippen molar-refractivity contribution in [2.24, 2.45) is 5.92 Å². The number of non-ortho nitro benzene ring substituents is 1. The second-order valence-corrected chi connectivity index (χ2v) is 8.12. The van der Waals surface area contributed by atoms with Crippen molar-refractivity contribution in [3.63, 3.8) is 0 Å². The molecule has 0 saturated carbocycles. The fraction of sp³-hybridized carbons (Fsp3) is 0.353. The van der Waals surface area contributed by atoms with Crippen molar-refractivity contribution < 1.29 is 22.6 Å². The number of amides is 1. The molecular formula is C17H19N3O6S. The van der Waals surface area contributed by atoms with Crippen molar-refractivity contribution in [1.29, 1.82) is 0 Å². The van der Waals surface area contributed by atoms with E-state index < -0.39 is 14.9 Å². The third-order valence-corrected chi connectivity index (χ3v) is 6.03. The number of likely N-dealkylation sites (tertiary alicyclic amines) is 1. The maximum atomic E-state index is 12.3. The van der Waals surface area contributed by atoms with E-state index in [9.17, 15) is 23.3 Å². The zero-order valence-corrected chi connectivity index (χ0v) is 15.2. The molecule has 144 valence electrons. The quantitative estimate of drug-likeness (QED) is 0.592. The number of nitro benzene ring substituents is 1. The summed E-state index contributed by atoms with van der Waals surface area (Å²) in [5.74, 6) is 0.0277. The van der Waals surface area contributed by atoms with Crippen molar-refractivity contribution in [3.8, 4) is 0 Å². The molecule has 0 atom stereocenters. The number of sulfonamides is 1. The van der Waals surface area contributed by atoms with Crippen LogP contribution in [0.3, 0.4) is 0 Å². The summed E-state index contributed by atoms with van der Waals surface area (Å²) in [7, 11) is -3.73. The highest BCUT2D eigenvalue weighted by Crippen LogP contribution is 2.20. The number of hydrogen-bond acceptors (Lipinski definition) is 6. The van der Waals surface area contributed by atoms with Gasteiger partial charge in [-0.25, -0.2) is 13.1 Å². The Bertz CT molecular complexity index is 901. The number of nitro groups is 1. The maximum absolute atomic E-state index is 12.3. The lowest BCUT2D eigenvalue weighted by atomic mass is 9.97. The van der Waals surface area contributed by atoms with Crippen LogP contribution in [0.25, 0.3) is 0 Å². The van der Waals surface area contributed by atoms with Crippen LogP contribution in [0.1, 0.15) is 23.2 Å². The smallest absolute Gasteiger partial charge is 0.269 e. The Hall–Kier alpha value is -2.72. The predicted octanol–water partition coefficient (Wildman–Crippen LogP) is 2.02. The molecule has 0 spiro atoms. The largest absolute Gasteiger partial charge is 0.472 e. The summed E-state index contributed by atoms with van der Waals surface area (Å²) in [5, 5.41) is 10.7. The second-order valence-electron chi connectivity index (χ2n) is 6.35. The highest BCUT2D eigenvalue weighted by atomic mass is 32.2. The summed E-state index contributed by atoms with van der Waals surface area (Å²) in [6, 6.07) is 6.37. The van der Waals surface area contributed by atoms with Gasteiger partial charge in [0.25, 0.3) is 11.6 Å². The summed E-state index contributed by atoms with van der Waals surface area (Å²) in [6.07, 6.45) is 4.23. The van der Waals surface area contributed by atoms with Gasteiger partial charge in [-0.3, -0.25) is 14.9 Å². The SMILES string of the molecule is O=C(c1ccoc1)N1CCC(CNS(=O)(=O)c2ccc([N+](=O)[O-])cc2)CC1. The Morgan fingerprint density at radius 1 is 1.22 bits per heavy atom. The third-order valence-electron chi connectivity index (χ3n) is 4.59. The van der Waals surface area contributed by atoms with E-state index in [-0.39, 0.29) is 29.0 Å². The predicted molar refractivity (Wildman–Crippen MR) is 95.6 cm³/mol. The molecule has 10 heteroatoms. The summed E-state index contributed by atoms with van der Waals surface area (Å²) in [4.78, 5) is 24.0. The van der Waals surface area contributed by atoms with Crippen LogP contribution in [0.15, 0.2) is 52.2 Å². The van der Waals surface area contributed by atoms with Gasteiger partial charge >= 0.3 is 0 Å². The van der Waals surface area contributed by atoms with Crippen LogP contribution >= 0.6 is 0 Å². The van der Waals surface area contributed by atoms with Crippen molar-refractivity contribution in [2.75, 3.05) is 19.6 Å². The monoisotopic (exact) mass is 393 g/mol. The molecule has 0 unspecified atom stereocenters. The molecule has 2 aromatic rings. The number of benzene rings is 1. The molecule has 1 N–H and O–H groups in total. The first-order valence-electron chi connectivity index (χ1n) is 8.42. The van der Waals surface area contributed by atoms with E-state index in [0.717, 1.165) is 12.1 Å². The molecule has 27 heavy (non-hydrogen) atoms. The van der Waals surface area contributed by atoms with Gasteiger partial charge in [-0.1, -0.05) is 0 Å². The minimum Gasteiger partial charge on any atom is -0.472 e. The number of hydrogen-bond donors (Lipinski definition) is 1. The molecule has 1 aromatic heterocycles. The molecule has 3 rings (SSSR count). The molecule has 1 fully saturated rings. The number of nitrogens with one attached hydrogen (secondary N) is 1. The lowest BCUT2D eigenvalue weighted by molar-refractivity contribution is -0.384. The highest BCUT2D eigenvalue weighted by Gasteiger charge is 2.25. The summed E-state index contributed by atoms with van der Waals surface area (Å²) in [5.41, 5.74) is 0.343. The van der Waals surface area contributed by atoms with Crippen LogP contribution < -0.4 is 4.72 Å². The van der Waals surface area contributed by atoms with Gasteiger partial charge in [0.15, 0.2) is 0 Å². The third kappa shape index (κ3) is 4.52. The molecule has 1 amide bonds. The minimum absolute atomic E-state index is 0.0133. The van der Waals surface area contributed by atoms with E-state index in [1.807, 2.05) is 0 Å². The Kier molecular flexibility index (Phi) is 5.57. The average Bonchev–Trinajstić information content (AvgIpc) is 3.21. The molecule has 1 aromatic carbocycles. The standard InChI is InChI=1S/C17H19N3O6S/c21-17(14-7-10-26-12-14)19-8-5-13(6-9-19)11-18-27(24,25)16-3-1-15(2-4-16)20(22)23/h1-4,7,10,12-13,18H,5-6,8-9,11H2. The lowest BCUT2D eigenvalue weighted by Gasteiger charge is -2.31. The van der Waals surface area contributed by atoms with E-state index in [0.29, 0.717) is 31.5 Å². The average molecular weight is 393 g/mol. The van der Waals surface area contributed by atoms with Crippen molar-refractivity contribution in [2.45, 2.75) is 17.7 Å². The Morgan fingerprint density at radius 3 is 2.44 bits per heavy atom. The van der Waals surface area contributed by atoms with Gasteiger partial charge in [0.2, 0.25) is 10.0 Å². The van der Waals surface area contributed by atoms with Gasteiger partial charge in [-0.15, -0.1) is 0 Å². The van der Waals surface area contributed by atoms with E-state index in [1.54, 1.807) is 11.0 Å². The summed E-state index contributed by atoms with van der Waals surface area (Å²) < 4.78 is 32.1. The molecule has 1 saturated heterocycles. The van der Waals surface area contributed by atoms with Gasteiger partial charge < -0.3 is 9.32 Å². The fourth-order valence-electron chi connectivity index (χ4n) is 2.97. The number of nitrogens with zero attached hydrogens (tertiary/aromatic N) is 2. The topological polar surface area (TPSA) is 123 Å². The number of carbonyl (C=O) groups excluding carboxylic acids is 1. The Balaban J connectivity index is 1.52. The number of rotatable bonds is 6. The minimum atomic E-state index is -3.73. The first-order chi connectivity index (χ1) is 12.9. The van der Waals surface area contributed by atoms with E-state index in [1.165, 1.54) is 24.7 Å². The van der Waals surface area contributed by atoms with Crippen molar-refractivity contribution in [3.05, 3.63) is 58.5 Å². The van der Waals surface area contributed by atoms with Crippen LogP contribution in [0.5, 0.6) is 0 Å². The number of piperidine rings is 1. The normalized spacial score (nSPS) is 15.6. The molecule has 0 radical (unpaired) electrons. The van der Waals surface area contributed by atoms with Gasteiger partial charge in [-0.05, 0) is 37.0 Å². The first-order valence-corrected chi connectivity index (χ1v) is 9.91. The molecule has 0 aliphatic carbocycles. The van der Waals surface area contributed by atoms with Crippen LogP contribution in [0, 0.1) is 16.0 Å². The molecule has 2 heterocycles. The highest BCUT2D eigenvalue weighted by molar-refractivity contribution is 7.89. The van der Waals surface area contributed by atoms with Gasteiger partial charge in [-0.2, -0.15) is 0 Å². The maximum Gasteiger partial charge on any atom is 0.269 e. The van der Waals surface area contributed by atoms with Crippen LogP contribution in [0.4, 0.5) is 5.69 Å². The Labute approximate surface area is 156 Å². The molecular weight excluding hydrogens is 374 g/mol. The fourth-order valence-corrected chi connectivity index (χ4v) is 4.08. The van der Waals surface area contributed by atoms with Gasteiger partial charge in [0.05, 0.1) is 21.6 Å². The number of furan rings is 1. The van der Waals surface area contributed by atoms with Crippen molar-refractivity contribution in [1.82, 2.24) is 9.62 Å². The lowest BCUT2D eigenvalue weighted by Crippen LogP contribution is -2.41. The zero-order valence-electron chi connectivity index (χ0n) is 14.4. The van der Waals surface area contributed by atoms with Gasteiger partial charge in [0, 0.05) is 31.8 Å². The van der Waals surface area contributed by atoms with E-state index in [4.69, 9.17) is 4.42 Å². The van der Waals surface area contributed by atoms with Gasteiger partial charge in [0.1, 0.15) is 6.26 Å². The van der Waals surface area contributed by atoms with E-state index >= 15 is 0 Å². The van der Waals surface area contributed by atoms with Crippen LogP contribution in [0.2, 0.25) is 0 Å².